The number of urea groups is 1. The first-order valence-corrected chi connectivity index (χ1v) is 8.13. The molecule has 0 radical (unpaired) electrons. The average Bonchev–Trinajstić information content (AvgIpc) is 2.59. The molecule has 5 heteroatoms. The van der Waals surface area contributed by atoms with Crippen LogP contribution in [0.3, 0.4) is 0 Å². The van der Waals surface area contributed by atoms with Gasteiger partial charge in [0.2, 0.25) is 0 Å². The van der Waals surface area contributed by atoms with E-state index in [1.165, 1.54) is 0 Å². The average molecular weight is 327 g/mol. The van der Waals surface area contributed by atoms with Crippen LogP contribution < -0.4 is 20.3 Å². The molecule has 0 heterocycles. The van der Waals surface area contributed by atoms with Crippen molar-refractivity contribution in [3.63, 3.8) is 0 Å². The number of hydrogen-bond donors (Lipinski definition) is 2. The fourth-order valence-electron chi connectivity index (χ4n) is 2.17. The molecule has 0 saturated carbocycles. The third kappa shape index (κ3) is 5.19. The third-order valence-electron chi connectivity index (χ3n) is 3.50. The van der Waals surface area contributed by atoms with E-state index in [1.54, 1.807) is 0 Å². The molecule has 0 atom stereocenters. The Kier molecular flexibility index (Phi) is 6.49. The maximum absolute atomic E-state index is 12.1. The maximum Gasteiger partial charge on any atom is 0.319 e. The summed E-state index contributed by atoms with van der Waals surface area (Å²) >= 11 is 0. The van der Waals surface area contributed by atoms with Gasteiger partial charge >= 0.3 is 6.03 Å². The monoisotopic (exact) mass is 327 g/mol. The highest BCUT2D eigenvalue weighted by Crippen LogP contribution is 2.23. The van der Waals surface area contributed by atoms with Gasteiger partial charge in [-0.25, -0.2) is 4.79 Å². The van der Waals surface area contributed by atoms with Crippen molar-refractivity contribution in [1.29, 1.82) is 0 Å². The summed E-state index contributed by atoms with van der Waals surface area (Å²) in [6, 6.07) is 15.3. The van der Waals surface area contributed by atoms with Crippen molar-refractivity contribution in [1.82, 2.24) is 5.32 Å². The predicted molar refractivity (Wildman–Crippen MR) is 98.9 cm³/mol. The lowest BCUT2D eigenvalue weighted by Crippen LogP contribution is -2.28. The summed E-state index contributed by atoms with van der Waals surface area (Å²) in [7, 11) is 4.00. The molecular weight excluding hydrogens is 302 g/mol. The van der Waals surface area contributed by atoms with E-state index in [4.69, 9.17) is 4.74 Å². The van der Waals surface area contributed by atoms with Gasteiger partial charge in [0.05, 0.1) is 12.3 Å². The summed E-state index contributed by atoms with van der Waals surface area (Å²) in [5.41, 5.74) is 2.85. The number of nitrogens with one attached hydrogen (secondary N) is 2. The first-order chi connectivity index (χ1) is 11.6. The van der Waals surface area contributed by atoms with E-state index in [2.05, 4.69) is 10.6 Å². The molecule has 128 valence electrons. The third-order valence-corrected chi connectivity index (χ3v) is 3.50. The van der Waals surface area contributed by atoms with Crippen LogP contribution in [-0.4, -0.2) is 26.7 Å². The van der Waals surface area contributed by atoms with Gasteiger partial charge in [-0.05, 0) is 36.2 Å². The van der Waals surface area contributed by atoms with E-state index >= 15 is 0 Å². The summed E-state index contributed by atoms with van der Waals surface area (Å²) in [6.45, 7) is 3.14. The van der Waals surface area contributed by atoms with Gasteiger partial charge < -0.3 is 20.3 Å². The normalized spacial score (nSPS) is 10.1. The lowest BCUT2D eigenvalue weighted by atomic mass is 10.2. The minimum Gasteiger partial charge on any atom is -0.491 e. The zero-order valence-electron chi connectivity index (χ0n) is 14.5. The van der Waals surface area contributed by atoms with E-state index < -0.39 is 0 Å². The Bertz CT molecular complexity index is 654. The molecular formula is C19H25N3O2. The van der Waals surface area contributed by atoms with Gasteiger partial charge in [0.15, 0.2) is 0 Å². The lowest BCUT2D eigenvalue weighted by molar-refractivity contribution is 0.251. The standard InChI is InChI=1S/C19H25N3O2/c1-4-13-24-18-8-6-5-7-17(18)21-19(23)20-14-15-9-11-16(12-10-15)22(2)3/h5-12H,4,13-14H2,1-3H3,(H2,20,21,23). The van der Waals surface area contributed by atoms with Crippen LogP contribution in [0, 0.1) is 0 Å². The number of carbonyl (C=O) groups excluding carboxylic acids is 1. The topological polar surface area (TPSA) is 53.6 Å². The SMILES string of the molecule is CCCOc1ccccc1NC(=O)NCc1ccc(N(C)C)cc1. The minimum atomic E-state index is -0.251. The quantitative estimate of drug-likeness (QED) is 0.812. The smallest absolute Gasteiger partial charge is 0.319 e. The number of para-hydroxylation sites is 2. The molecule has 2 rings (SSSR count). The van der Waals surface area contributed by atoms with Crippen molar-refractivity contribution >= 4 is 17.4 Å². The molecule has 0 aliphatic rings. The summed E-state index contributed by atoms with van der Waals surface area (Å²) in [5, 5.41) is 5.70. The highest BCUT2D eigenvalue weighted by molar-refractivity contribution is 5.90. The maximum atomic E-state index is 12.1. The Morgan fingerprint density at radius 3 is 2.46 bits per heavy atom. The second kappa shape index (κ2) is 8.82. The largest absolute Gasteiger partial charge is 0.491 e. The Balaban J connectivity index is 1.89. The van der Waals surface area contributed by atoms with Gasteiger partial charge in [-0.2, -0.15) is 0 Å². The molecule has 2 aromatic rings. The van der Waals surface area contributed by atoms with Gasteiger partial charge in [-0.15, -0.1) is 0 Å². The van der Waals surface area contributed by atoms with Crippen molar-refractivity contribution in [2.75, 3.05) is 30.9 Å². The predicted octanol–water partition coefficient (Wildman–Crippen LogP) is 3.86. The molecule has 0 bridgehead atoms. The fourth-order valence-corrected chi connectivity index (χ4v) is 2.17. The number of amides is 2. The van der Waals surface area contributed by atoms with Gasteiger partial charge in [-0.1, -0.05) is 31.2 Å². The van der Waals surface area contributed by atoms with Gasteiger partial charge in [0.1, 0.15) is 5.75 Å². The molecule has 0 fully saturated rings. The molecule has 0 aliphatic carbocycles. The molecule has 0 saturated heterocycles. The van der Waals surface area contributed by atoms with Crippen molar-refractivity contribution in [2.45, 2.75) is 19.9 Å². The van der Waals surface area contributed by atoms with Crippen molar-refractivity contribution in [2.24, 2.45) is 0 Å². The van der Waals surface area contributed by atoms with Crippen LogP contribution in [0.1, 0.15) is 18.9 Å². The summed E-state index contributed by atoms with van der Waals surface area (Å²) in [6.07, 6.45) is 0.920. The van der Waals surface area contributed by atoms with Gasteiger partial charge in [0.25, 0.3) is 0 Å². The van der Waals surface area contributed by atoms with Gasteiger partial charge in [-0.3, -0.25) is 0 Å². The zero-order chi connectivity index (χ0) is 17.4. The summed E-state index contributed by atoms with van der Waals surface area (Å²) < 4.78 is 5.64. The first kappa shape index (κ1) is 17.7. The molecule has 0 aromatic heterocycles. The van der Waals surface area contributed by atoms with Crippen molar-refractivity contribution < 1.29 is 9.53 Å². The molecule has 0 aliphatic heterocycles. The van der Waals surface area contributed by atoms with E-state index in [1.807, 2.05) is 74.4 Å². The van der Waals surface area contributed by atoms with Crippen LogP contribution >= 0.6 is 0 Å². The molecule has 2 amide bonds. The Hall–Kier alpha value is -2.69. The summed E-state index contributed by atoms with van der Waals surface area (Å²) in [4.78, 5) is 14.1. The Morgan fingerprint density at radius 1 is 1.08 bits per heavy atom. The Morgan fingerprint density at radius 2 is 1.79 bits per heavy atom. The van der Waals surface area contributed by atoms with E-state index in [0.717, 1.165) is 17.7 Å². The molecule has 0 spiro atoms. The van der Waals surface area contributed by atoms with Crippen molar-refractivity contribution in [3.8, 4) is 5.75 Å². The molecule has 2 aromatic carbocycles. The van der Waals surface area contributed by atoms with Crippen LogP contribution in [-0.2, 0) is 6.54 Å². The molecule has 5 nitrogen and oxygen atoms in total. The fraction of sp³-hybridized carbons (Fsp3) is 0.316. The Labute approximate surface area is 143 Å². The molecule has 2 N–H and O–H groups in total. The second-order valence-electron chi connectivity index (χ2n) is 5.71. The zero-order valence-corrected chi connectivity index (χ0v) is 14.5. The van der Waals surface area contributed by atoms with Crippen LogP contribution in [0.4, 0.5) is 16.2 Å². The molecule has 24 heavy (non-hydrogen) atoms. The number of hydrogen-bond acceptors (Lipinski definition) is 3. The van der Waals surface area contributed by atoms with Crippen molar-refractivity contribution in [3.05, 3.63) is 54.1 Å². The van der Waals surface area contributed by atoms with Crippen LogP contribution in [0.2, 0.25) is 0 Å². The van der Waals surface area contributed by atoms with E-state index in [-0.39, 0.29) is 6.03 Å². The van der Waals surface area contributed by atoms with E-state index in [0.29, 0.717) is 24.6 Å². The first-order valence-electron chi connectivity index (χ1n) is 8.13. The lowest BCUT2D eigenvalue weighted by Gasteiger charge is -2.14. The number of nitrogens with zero attached hydrogens (tertiary/aromatic N) is 1. The highest BCUT2D eigenvalue weighted by atomic mass is 16.5. The van der Waals surface area contributed by atoms with Crippen LogP contribution in [0.5, 0.6) is 5.75 Å². The van der Waals surface area contributed by atoms with Crippen LogP contribution in [0.25, 0.3) is 0 Å². The summed E-state index contributed by atoms with van der Waals surface area (Å²) in [5.74, 6) is 0.685. The number of anilines is 2. The number of carbonyl (C=O) groups is 1. The van der Waals surface area contributed by atoms with Crippen LogP contribution in [0.15, 0.2) is 48.5 Å². The van der Waals surface area contributed by atoms with E-state index in [9.17, 15) is 4.79 Å². The number of rotatable bonds is 7. The second-order valence-corrected chi connectivity index (χ2v) is 5.71. The highest BCUT2D eigenvalue weighted by Gasteiger charge is 2.07. The van der Waals surface area contributed by atoms with Gasteiger partial charge in [0, 0.05) is 26.3 Å². The minimum absolute atomic E-state index is 0.251. The molecule has 0 unspecified atom stereocenters. The number of benzene rings is 2. The number of ether oxygens (including phenoxy) is 1.